The number of rotatable bonds is 2. The molecule has 64 valence electrons. The minimum Gasteiger partial charge on any atom is -0.288 e. The van der Waals surface area contributed by atoms with Crippen LogP contribution in [0.4, 0.5) is 13.2 Å². The number of carbonyl (C=O) groups is 1. The van der Waals surface area contributed by atoms with Crippen molar-refractivity contribution in [2.75, 3.05) is 0 Å². The van der Waals surface area contributed by atoms with E-state index in [0.717, 1.165) is 24.3 Å². The van der Waals surface area contributed by atoms with Crippen LogP contribution in [-0.4, -0.2) is 12.2 Å². The molecule has 0 aromatic heterocycles. The number of Topliss-reactive ketones (excluding diaryl/α,β-unsaturated/α-hetero) is 1. The molecular formula is C8H5F3O. The summed E-state index contributed by atoms with van der Waals surface area (Å²) >= 11 is 0. The number of carbonyl (C=O) groups excluding carboxylic acids is 1. The normalized spacial score (nSPS) is 10.3. The number of ketones is 1. The first-order valence-electron chi connectivity index (χ1n) is 3.19. The third kappa shape index (κ3) is 1.84. The maximum absolute atomic E-state index is 12.3. The Bertz CT molecular complexity index is 279. The fourth-order valence-electron chi connectivity index (χ4n) is 0.740. The van der Waals surface area contributed by atoms with Gasteiger partial charge < -0.3 is 0 Å². The van der Waals surface area contributed by atoms with E-state index in [-0.39, 0.29) is 5.56 Å². The molecule has 0 unspecified atom stereocenters. The highest BCUT2D eigenvalue weighted by Crippen LogP contribution is 2.08. The smallest absolute Gasteiger partial charge is 0.288 e. The number of alkyl halides is 2. The van der Waals surface area contributed by atoms with E-state index < -0.39 is 18.0 Å². The highest BCUT2D eigenvalue weighted by Gasteiger charge is 2.16. The van der Waals surface area contributed by atoms with Gasteiger partial charge in [-0.3, -0.25) is 4.79 Å². The van der Waals surface area contributed by atoms with Crippen molar-refractivity contribution >= 4 is 5.78 Å². The summed E-state index contributed by atoms with van der Waals surface area (Å²) in [7, 11) is 0. The molecule has 0 spiro atoms. The average Bonchev–Trinajstić information content (AvgIpc) is 2.04. The number of hydrogen-bond acceptors (Lipinski definition) is 1. The predicted octanol–water partition coefficient (Wildman–Crippen LogP) is 2.27. The standard InChI is InChI=1S/C8H5F3O/c9-6-3-1-5(2-4-6)7(12)8(10)11/h1-4,8H. The summed E-state index contributed by atoms with van der Waals surface area (Å²) in [5.74, 6) is -1.84. The summed E-state index contributed by atoms with van der Waals surface area (Å²) in [6.45, 7) is 0. The van der Waals surface area contributed by atoms with E-state index in [2.05, 4.69) is 0 Å². The summed E-state index contributed by atoms with van der Waals surface area (Å²) in [6.07, 6.45) is -3.03. The van der Waals surface area contributed by atoms with Gasteiger partial charge in [-0.1, -0.05) is 0 Å². The Labute approximate surface area is 66.8 Å². The third-order valence-electron chi connectivity index (χ3n) is 1.33. The molecule has 0 saturated carbocycles. The summed E-state index contributed by atoms with van der Waals surface area (Å²) in [5.41, 5.74) is -0.175. The van der Waals surface area contributed by atoms with Crippen molar-refractivity contribution in [1.82, 2.24) is 0 Å². The van der Waals surface area contributed by atoms with E-state index in [1.165, 1.54) is 0 Å². The molecule has 4 heteroatoms. The lowest BCUT2D eigenvalue weighted by Crippen LogP contribution is -2.09. The molecule has 1 aromatic rings. The minimum atomic E-state index is -3.03. The zero-order valence-electron chi connectivity index (χ0n) is 5.93. The predicted molar refractivity (Wildman–Crippen MR) is 36.7 cm³/mol. The van der Waals surface area contributed by atoms with E-state index in [9.17, 15) is 18.0 Å². The zero-order valence-corrected chi connectivity index (χ0v) is 5.93. The molecule has 1 aromatic carbocycles. The average molecular weight is 174 g/mol. The second-order valence-electron chi connectivity index (χ2n) is 2.17. The van der Waals surface area contributed by atoms with Crippen molar-refractivity contribution in [3.8, 4) is 0 Å². The van der Waals surface area contributed by atoms with Crippen LogP contribution in [0.5, 0.6) is 0 Å². The van der Waals surface area contributed by atoms with Crippen molar-refractivity contribution in [3.63, 3.8) is 0 Å². The van der Waals surface area contributed by atoms with Crippen molar-refractivity contribution < 1.29 is 18.0 Å². The van der Waals surface area contributed by atoms with Crippen molar-refractivity contribution in [2.45, 2.75) is 6.43 Å². The maximum Gasteiger partial charge on any atom is 0.300 e. The molecule has 1 nitrogen and oxygen atoms in total. The van der Waals surface area contributed by atoms with Crippen LogP contribution in [0.15, 0.2) is 24.3 Å². The Morgan fingerprint density at radius 1 is 1.17 bits per heavy atom. The number of hydrogen-bond donors (Lipinski definition) is 0. The first-order valence-corrected chi connectivity index (χ1v) is 3.19. The van der Waals surface area contributed by atoms with Gasteiger partial charge in [-0.05, 0) is 24.3 Å². The molecule has 0 N–H and O–H groups in total. The van der Waals surface area contributed by atoms with Crippen molar-refractivity contribution in [1.29, 1.82) is 0 Å². The topological polar surface area (TPSA) is 17.1 Å². The summed E-state index contributed by atoms with van der Waals surface area (Å²) < 4.78 is 35.8. The molecular weight excluding hydrogens is 169 g/mol. The van der Waals surface area contributed by atoms with Crippen LogP contribution in [-0.2, 0) is 0 Å². The Morgan fingerprint density at radius 2 is 1.67 bits per heavy atom. The fraction of sp³-hybridized carbons (Fsp3) is 0.125. The largest absolute Gasteiger partial charge is 0.300 e. The molecule has 0 fully saturated rings. The summed E-state index contributed by atoms with van der Waals surface area (Å²) in [5, 5.41) is 0. The van der Waals surface area contributed by atoms with Crippen LogP contribution in [0.1, 0.15) is 10.4 Å². The molecule has 0 heterocycles. The number of benzene rings is 1. The van der Waals surface area contributed by atoms with E-state index in [0.29, 0.717) is 0 Å². The molecule has 0 saturated heterocycles. The maximum atomic E-state index is 12.3. The molecule has 0 aliphatic rings. The second kappa shape index (κ2) is 3.38. The summed E-state index contributed by atoms with van der Waals surface area (Å²) in [4.78, 5) is 10.6. The third-order valence-corrected chi connectivity index (χ3v) is 1.33. The quantitative estimate of drug-likeness (QED) is 0.628. The van der Waals surface area contributed by atoms with E-state index >= 15 is 0 Å². The second-order valence-corrected chi connectivity index (χ2v) is 2.17. The molecule has 0 radical (unpaired) electrons. The summed E-state index contributed by atoms with van der Waals surface area (Å²) in [6, 6.07) is 4.00. The van der Waals surface area contributed by atoms with Gasteiger partial charge in [0.25, 0.3) is 0 Å². The highest BCUT2D eigenvalue weighted by molar-refractivity contribution is 5.98. The molecule has 0 atom stereocenters. The SMILES string of the molecule is O=C(c1ccc(F)cc1)C(F)F. The molecule has 0 aliphatic carbocycles. The number of halogens is 3. The Kier molecular flexibility index (Phi) is 2.47. The van der Waals surface area contributed by atoms with Gasteiger partial charge >= 0.3 is 6.43 Å². The monoisotopic (exact) mass is 174 g/mol. The van der Waals surface area contributed by atoms with Crippen molar-refractivity contribution in [2.24, 2.45) is 0 Å². The van der Waals surface area contributed by atoms with Gasteiger partial charge in [0.2, 0.25) is 5.78 Å². The van der Waals surface area contributed by atoms with Crippen molar-refractivity contribution in [3.05, 3.63) is 35.6 Å². The van der Waals surface area contributed by atoms with Gasteiger partial charge in [0.1, 0.15) is 5.82 Å². The highest BCUT2D eigenvalue weighted by atomic mass is 19.3. The van der Waals surface area contributed by atoms with Gasteiger partial charge in [-0.25, -0.2) is 13.2 Å². The van der Waals surface area contributed by atoms with Gasteiger partial charge in [0.05, 0.1) is 0 Å². The fourth-order valence-corrected chi connectivity index (χ4v) is 0.740. The van der Waals surface area contributed by atoms with Gasteiger partial charge in [0.15, 0.2) is 0 Å². The first-order chi connectivity index (χ1) is 5.61. The van der Waals surface area contributed by atoms with Crippen LogP contribution in [0, 0.1) is 5.82 Å². The van der Waals surface area contributed by atoms with Gasteiger partial charge in [-0.15, -0.1) is 0 Å². The van der Waals surface area contributed by atoms with Gasteiger partial charge in [0, 0.05) is 5.56 Å². The lowest BCUT2D eigenvalue weighted by atomic mass is 10.1. The molecule has 0 bridgehead atoms. The van der Waals surface area contributed by atoms with Crippen LogP contribution in [0.25, 0.3) is 0 Å². The Balaban J connectivity index is 2.90. The molecule has 0 amide bonds. The Hall–Kier alpha value is -1.32. The lowest BCUT2D eigenvalue weighted by Gasteiger charge is -1.97. The first kappa shape index (κ1) is 8.77. The van der Waals surface area contributed by atoms with Crippen LogP contribution in [0.2, 0.25) is 0 Å². The van der Waals surface area contributed by atoms with Gasteiger partial charge in [-0.2, -0.15) is 0 Å². The van der Waals surface area contributed by atoms with E-state index in [1.54, 1.807) is 0 Å². The van der Waals surface area contributed by atoms with E-state index in [4.69, 9.17) is 0 Å². The van der Waals surface area contributed by atoms with Crippen LogP contribution >= 0.6 is 0 Å². The molecule has 12 heavy (non-hydrogen) atoms. The lowest BCUT2D eigenvalue weighted by molar-refractivity contribution is 0.0678. The van der Waals surface area contributed by atoms with Crippen LogP contribution in [0.3, 0.4) is 0 Å². The zero-order chi connectivity index (χ0) is 9.14. The Morgan fingerprint density at radius 3 is 2.08 bits per heavy atom. The van der Waals surface area contributed by atoms with Crippen LogP contribution < -0.4 is 0 Å². The molecule has 1 rings (SSSR count). The minimum absolute atomic E-state index is 0.175. The van der Waals surface area contributed by atoms with E-state index in [1.807, 2.05) is 0 Å². The molecule has 0 aliphatic heterocycles.